The van der Waals surface area contributed by atoms with Crippen LogP contribution >= 0.6 is 23.2 Å². The second-order valence-corrected chi connectivity index (χ2v) is 9.09. The molecule has 2 nitrogen and oxygen atoms in total. The number of unbranched alkanes of at least 4 members (excludes halogenated alkanes) is 3. The minimum absolute atomic E-state index is 0.421. The van der Waals surface area contributed by atoms with Crippen molar-refractivity contribution in [2.45, 2.75) is 64.7 Å². The zero-order valence-electron chi connectivity index (χ0n) is 16.2. The number of nitrogens with zero attached hydrogens (tertiary/aromatic N) is 1. The number of rotatable bonds is 6. The number of pyridine rings is 1. The van der Waals surface area contributed by atoms with Crippen LogP contribution in [0.3, 0.4) is 0 Å². The molecule has 1 aromatic carbocycles. The zero-order chi connectivity index (χ0) is 19.0. The fraction of sp³-hybridized carbons (Fsp3) is 0.522. The molecule has 4 heteroatoms. The summed E-state index contributed by atoms with van der Waals surface area (Å²) in [6.07, 6.45) is 10.9. The molecule has 4 rings (SSSR count). The van der Waals surface area contributed by atoms with Crippen LogP contribution in [-0.4, -0.2) is 11.5 Å². The number of hydrogen-bond donors (Lipinski definition) is 1. The predicted molar refractivity (Wildman–Crippen MR) is 117 cm³/mol. The van der Waals surface area contributed by atoms with Crippen LogP contribution in [0.15, 0.2) is 23.8 Å². The normalized spacial score (nSPS) is 21.1. The summed E-state index contributed by atoms with van der Waals surface area (Å²) in [7, 11) is 0. The van der Waals surface area contributed by atoms with Gasteiger partial charge in [-0.2, -0.15) is 0 Å². The Morgan fingerprint density at radius 1 is 1.15 bits per heavy atom. The van der Waals surface area contributed by atoms with Gasteiger partial charge in [0, 0.05) is 28.6 Å². The number of benzene rings is 1. The second-order valence-electron chi connectivity index (χ2n) is 8.25. The van der Waals surface area contributed by atoms with Crippen molar-refractivity contribution in [1.82, 2.24) is 4.98 Å². The van der Waals surface area contributed by atoms with Gasteiger partial charge in [0.05, 0.1) is 16.2 Å². The molecular weight excluding hydrogens is 375 g/mol. The predicted octanol–water partition coefficient (Wildman–Crippen LogP) is 7.53. The van der Waals surface area contributed by atoms with Gasteiger partial charge in [0.2, 0.25) is 0 Å². The first-order valence-corrected chi connectivity index (χ1v) is 11.0. The number of nitrogens with one attached hydrogen (secondary N) is 1. The summed E-state index contributed by atoms with van der Waals surface area (Å²) in [4.78, 5) is 5.05. The Labute approximate surface area is 172 Å². The van der Waals surface area contributed by atoms with Crippen LogP contribution in [0.5, 0.6) is 0 Å². The van der Waals surface area contributed by atoms with Gasteiger partial charge in [-0.15, -0.1) is 0 Å². The summed E-state index contributed by atoms with van der Waals surface area (Å²) < 4.78 is 0. The van der Waals surface area contributed by atoms with Crippen molar-refractivity contribution >= 4 is 39.8 Å². The van der Waals surface area contributed by atoms with E-state index in [2.05, 4.69) is 25.2 Å². The Balaban J connectivity index is 1.79. The van der Waals surface area contributed by atoms with Crippen LogP contribution in [0.4, 0.5) is 5.69 Å². The van der Waals surface area contributed by atoms with Gasteiger partial charge in [0.25, 0.3) is 0 Å². The molecule has 2 aliphatic carbocycles. The third-order valence-corrected chi connectivity index (χ3v) is 6.51. The molecule has 2 atom stereocenters. The maximum atomic E-state index is 6.55. The molecule has 0 saturated carbocycles. The summed E-state index contributed by atoms with van der Waals surface area (Å²) in [6, 6.07) is 3.83. The molecule has 144 valence electrons. The second kappa shape index (κ2) is 8.01. The molecular formula is C23H28Cl2N2. The molecule has 2 aliphatic rings. The Kier molecular flexibility index (Phi) is 5.66. The minimum atomic E-state index is 0.421. The van der Waals surface area contributed by atoms with E-state index in [9.17, 15) is 0 Å². The monoisotopic (exact) mass is 402 g/mol. The molecule has 1 heterocycles. The van der Waals surface area contributed by atoms with E-state index in [4.69, 9.17) is 28.2 Å². The Bertz CT molecular complexity index is 888. The highest BCUT2D eigenvalue weighted by Crippen LogP contribution is 2.47. The van der Waals surface area contributed by atoms with Gasteiger partial charge in [-0.05, 0) is 56.2 Å². The van der Waals surface area contributed by atoms with Gasteiger partial charge in [0.1, 0.15) is 0 Å². The minimum Gasteiger partial charge on any atom is -0.384 e. The van der Waals surface area contributed by atoms with E-state index in [0.29, 0.717) is 16.0 Å². The number of halogens is 2. The molecule has 27 heavy (non-hydrogen) atoms. The third kappa shape index (κ3) is 3.84. The van der Waals surface area contributed by atoms with Crippen molar-refractivity contribution in [3.05, 3.63) is 45.1 Å². The Morgan fingerprint density at radius 3 is 2.81 bits per heavy atom. The van der Waals surface area contributed by atoms with Crippen LogP contribution in [-0.2, 0) is 6.42 Å². The highest BCUT2D eigenvalue weighted by Gasteiger charge is 2.33. The third-order valence-electron chi connectivity index (χ3n) is 6.00. The lowest BCUT2D eigenvalue weighted by molar-refractivity contribution is 0.403. The fourth-order valence-electron chi connectivity index (χ4n) is 4.84. The Hall–Kier alpha value is -1.25. The van der Waals surface area contributed by atoms with E-state index in [-0.39, 0.29) is 0 Å². The van der Waals surface area contributed by atoms with E-state index in [1.165, 1.54) is 61.0 Å². The average molecular weight is 403 g/mol. The van der Waals surface area contributed by atoms with Crippen molar-refractivity contribution in [2.75, 3.05) is 11.9 Å². The van der Waals surface area contributed by atoms with E-state index in [1.54, 1.807) is 0 Å². The molecule has 2 bridgehead atoms. The summed E-state index contributed by atoms with van der Waals surface area (Å²) in [6.45, 7) is 5.49. The van der Waals surface area contributed by atoms with Crippen molar-refractivity contribution in [2.24, 2.45) is 5.92 Å². The molecule has 0 radical (unpaired) electrons. The molecule has 2 aromatic rings. The van der Waals surface area contributed by atoms with Crippen LogP contribution < -0.4 is 5.32 Å². The van der Waals surface area contributed by atoms with Gasteiger partial charge in [-0.1, -0.05) is 61.0 Å². The van der Waals surface area contributed by atoms with Crippen molar-refractivity contribution in [3.8, 4) is 0 Å². The number of anilines is 1. The van der Waals surface area contributed by atoms with Crippen molar-refractivity contribution in [1.29, 1.82) is 0 Å². The van der Waals surface area contributed by atoms with Crippen LogP contribution in [0, 0.1) is 5.92 Å². The highest BCUT2D eigenvalue weighted by molar-refractivity contribution is 6.38. The summed E-state index contributed by atoms with van der Waals surface area (Å²) in [5.74, 6) is 1.14. The lowest BCUT2D eigenvalue weighted by Gasteiger charge is -2.35. The largest absolute Gasteiger partial charge is 0.384 e. The van der Waals surface area contributed by atoms with E-state index < -0.39 is 0 Å². The SMILES string of the molecule is CCCCCCNc1c2c(nc3c(Cl)cc(Cl)cc13)C1C=C(C)CC(C2)C1. The van der Waals surface area contributed by atoms with E-state index in [1.807, 2.05) is 12.1 Å². The van der Waals surface area contributed by atoms with Crippen LogP contribution in [0.2, 0.25) is 10.0 Å². The molecule has 1 aromatic heterocycles. The van der Waals surface area contributed by atoms with Gasteiger partial charge < -0.3 is 5.32 Å². The fourth-order valence-corrected chi connectivity index (χ4v) is 5.38. The van der Waals surface area contributed by atoms with Crippen LogP contribution in [0.1, 0.15) is 69.5 Å². The molecule has 0 fully saturated rings. The van der Waals surface area contributed by atoms with Crippen LogP contribution in [0.25, 0.3) is 10.9 Å². The van der Waals surface area contributed by atoms with Gasteiger partial charge in [-0.25, -0.2) is 0 Å². The summed E-state index contributed by atoms with van der Waals surface area (Å²) in [5, 5.41) is 6.15. The van der Waals surface area contributed by atoms with Gasteiger partial charge in [0.15, 0.2) is 0 Å². The highest BCUT2D eigenvalue weighted by atomic mass is 35.5. The summed E-state index contributed by atoms with van der Waals surface area (Å²) >= 11 is 12.9. The molecule has 0 saturated heterocycles. The molecule has 0 amide bonds. The molecule has 1 N–H and O–H groups in total. The summed E-state index contributed by atoms with van der Waals surface area (Å²) in [5.41, 5.74) is 6.21. The molecule has 0 spiro atoms. The van der Waals surface area contributed by atoms with Crippen molar-refractivity contribution in [3.63, 3.8) is 0 Å². The first kappa shape index (κ1) is 19.1. The van der Waals surface area contributed by atoms with Gasteiger partial charge in [-0.3, -0.25) is 4.98 Å². The first-order valence-electron chi connectivity index (χ1n) is 10.3. The lowest BCUT2D eigenvalue weighted by atomic mass is 9.72. The lowest BCUT2D eigenvalue weighted by Crippen LogP contribution is -2.24. The molecule has 0 aliphatic heterocycles. The zero-order valence-corrected chi connectivity index (χ0v) is 17.8. The topological polar surface area (TPSA) is 24.9 Å². The standard InChI is InChI=1S/C23H28Cl2N2/c1-3-4-5-6-7-26-22-18-11-15-8-14(2)9-16(10-15)21(18)27-23-19(22)12-17(24)13-20(23)25/h9,12-13,15-16H,3-8,10-11H2,1-2H3,(H,26,27). The maximum absolute atomic E-state index is 6.55. The Morgan fingerprint density at radius 2 is 2.00 bits per heavy atom. The number of aromatic nitrogens is 1. The number of hydrogen-bond acceptors (Lipinski definition) is 2. The average Bonchev–Trinajstić information content (AvgIpc) is 2.61. The van der Waals surface area contributed by atoms with E-state index in [0.717, 1.165) is 29.8 Å². The first-order chi connectivity index (χ1) is 13.1. The van der Waals surface area contributed by atoms with E-state index >= 15 is 0 Å². The number of allylic oxidation sites excluding steroid dienone is 2. The number of fused-ring (bicyclic) bond motifs is 5. The van der Waals surface area contributed by atoms with Crippen molar-refractivity contribution < 1.29 is 0 Å². The smallest absolute Gasteiger partial charge is 0.0913 e. The van der Waals surface area contributed by atoms with Gasteiger partial charge >= 0.3 is 0 Å². The maximum Gasteiger partial charge on any atom is 0.0913 e. The molecule has 2 unspecified atom stereocenters. The quantitative estimate of drug-likeness (QED) is 0.398.